The average molecular weight is 237 g/mol. The van der Waals surface area contributed by atoms with Crippen molar-refractivity contribution in [2.24, 2.45) is 0 Å². The Bertz CT molecular complexity index is 402. The topological polar surface area (TPSA) is 36.4 Å². The Morgan fingerprint density at radius 2 is 2.12 bits per heavy atom. The predicted octanol–water partition coefficient (Wildman–Crippen LogP) is 1.28. The van der Waals surface area contributed by atoms with Crippen molar-refractivity contribution in [2.75, 3.05) is 31.1 Å². The fourth-order valence-electron chi connectivity index (χ4n) is 1.98. The van der Waals surface area contributed by atoms with Gasteiger partial charge in [-0.05, 0) is 6.07 Å². The Labute approximate surface area is 100 Å². The number of carbonyl (C=O) groups is 1. The minimum Gasteiger partial charge on any atom is -0.353 e. The Morgan fingerprint density at radius 3 is 2.71 bits per heavy atom. The number of rotatable bonds is 2. The zero-order valence-electron chi connectivity index (χ0n) is 9.90. The number of pyridine rings is 1. The van der Waals surface area contributed by atoms with E-state index in [0.29, 0.717) is 38.4 Å². The molecule has 0 spiro atoms. The highest BCUT2D eigenvalue weighted by Gasteiger charge is 2.20. The molecule has 1 aromatic rings. The van der Waals surface area contributed by atoms with Crippen LogP contribution in [0.25, 0.3) is 0 Å². The second-order valence-electron chi connectivity index (χ2n) is 4.05. The van der Waals surface area contributed by atoms with E-state index >= 15 is 0 Å². The van der Waals surface area contributed by atoms with Crippen molar-refractivity contribution >= 4 is 11.7 Å². The first-order valence-corrected chi connectivity index (χ1v) is 5.85. The fraction of sp³-hybridized carbons (Fsp3) is 0.500. The van der Waals surface area contributed by atoms with Crippen LogP contribution in [-0.2, 0) is 4.79 Å². The SMILES string of the molecule is CCC(=O)N1CCN(c2cc(F)ccn2)CC1. The molecule has 1 aromatic heterocycles. The van der Waals surface area contributed by atoms with Crippen LogP contribution in [-0.4, -0.2) is 42.0 Å². The summed E-state index contributed by atoms with van der Waals surface area (Å²) in [5, 5.41) is 0. The van der Waals surface area contributed by atoms with Crippen LogP contribution in [0.5, 0.6) is 0 Å². The van der Waals surface area contributed by atoms with Crippen LogP contribution in [0.1, 0.15) is 13.3 Å². The maximum absolute atomic E-state index is 13.1. The third kappa shape index (κ3) is 2.72. The lowest BCUT2D eigenvalue weighted by molar-refractivity contribution is -0.131. The maximum atomic E-state index is 13.1. The van der Waals surface area contributed by atoms with Crippen LogP contribution in [0, 0.1) is 5.82 Å². The molecule has 1 fully saturated rings. The fourth-order valence-corrected chi connectivity index (χ4v) is 1.98. The van der Waals surface area contributed by atoms with Gasteiger partial charge in [-0.2, -0.15) is 0 Å². The molecule has 0 radical (unpaired) electrons. The first-order valence-electron chi connectivity index (χ1n) is 5.85. The molecule has 17 heavy (non-hydrogen) atoms. The molecule has 0 atom stereocenters. The van der Waals surface area contributed by atoms with Crippen LogP contribution < -0.4 is 4.90 Å². The molecular formula is C12H16FN3O. The summed E-state index contributed by atoms with van der Waals surface area (Å²) in [7, 11) is 0. The molecule has 1 aliphatic heterocycles. The number of hydrogen-bond acceptors (Lipinski definition) is 3. The lowest BCUT2D eigenvalue weighted by Crippen LogP contribution is -2.48. The van der Waals surface area contributed by atoms with E-state index in [1.54, 1.807) is 0 Å². The van der Waals surface area contributed by atoms with Crippen molar-refractivity contribution in [1.29, 1.82) is 0 Å². The van der Waals surface area contributed by atoms with E-state index in [9.17, 15) is 9.18 Å². The van der Waals surface area contributed by atoms with Crippen molar-refractivity contribution in [3.05, 3.63) is 24.1 Å². The van der Waals surface area contributed by atoms with Gasteiger partial charge in [0.1, 0.15) is 11.6 Å². The molecule has 0 saturated carbocycles. The van der Waals surface area contributed by atoms with Crippen molar-refractivity contribution in [1.82, 2.24) is 9.88 Å². The largest absolute Gasteiger partial charge is 0.353 e. The van der Waals surface area contributed by atoms with Crippen molar-refractivity contribution < 1.29 is 9.18 Å². The van der Waals surface area contributed by atoms with Crippen molar-refractivity contribution in [3.8, 4) is 0 Å². The number of halogens is 1. The highest BCUT2D eigenvalue weighted by atomic mass is 19.1. The molecule has 0 unspecified atom stereocenters. The third-order valence-corrected chi connectivity index (χ3v) is 2.97. The molecular weight excluding hydrogens is 221 g/mol. The summed E-state index contributed by atoms with van der Waals surface area (Å²) in [5.74, 6) is 0.549. The molecule has 0 aromatic carbocycles. The van der Waals surface area contributed by atoms with E-state index in [-0.39, 0.29) is 11.7 Å². The Hall–Kier alpha value is -1.65. The molecule has 1 aliphatic rings. The summed E-state index contributed by atoms with van der Waals surface area (Å²) in [6.45, 7) is 4.66. The quantitative estimate of drug-likeness (QED) is 0.777. The summed E-state index contributed by atoms with van der Waals surface area (Å²) in [5.41, 5.74) is 0. The second-order valence-corrected chi connectivity index (χ2v) is 4.05. The second kappa shape index (κ2) is 5.12. The van der Waals surface area contributed by atoms with E-state index in [1.807, 2.05) is 16.7 Å². The standard InChI is InChI=1S/C12H16FN3O/c1-2-12(17)16-7-5-15(6-8-16)11-9-10(13)3-4-14-11/h3-4,9H,2,5-8H2,1H3. The molecule has 0 aliphatic carbocycles. The van der Waals surface area contributed by atoms with E-state index in [1.165, 1.54) is 18.3 Å². The van der Waals surface area contributed by atoms with E-state index in [0.717, 1.165) is 0 Å². The molecule has 0 N–H and O–H groups in total. The monoisotopic (exact) mass is 237 g/mol. The van der Waals surface area contributed by atoms with Crippen LogP contribution in [0.2, 0.25) is 0 Å². The number of piperazine rings is 1. The number of aromatic nitrogens is 1. The van der Waals surface area contributed by atoms with Gasteiger partial charge in [0.25, 0.3) is 0 Å². The van der Waals surface area contributed by atoms with E-state index < -0.39 is 0 Å². The lowest BCUT2D eigenvalue weighted by atomic mass is 10.3. The van der Waals surface area contributed by atoms with Gasteiger partial charge in [-0.1, -0.05) is 6.92 Å². The minimum atomic E-state index is -0.276. The number of hydrogen-bond donors (Lipinski definition) is 0. The van der Waals surface area contributed by atoms with Gasteiger partial charge in [-0.15, -0.1) is 0 Å². The summed E-state index contributed by atoms with van der Waals surface area (Å²) in [4.78, 5) is 19.5. The molecule has 0 bridgehead atoms. The number of amides is 1. The Balaban J connectivity index is 1.97. The maximum Gasteiger partial charge on any atom is 0.222 e. The molecule has 92 valence electrons. The molecule has 2 heterocycles. The zero-order chi connectivity index (χ0) is 12.3. The Kier molecular flexibility index (Phi) is 3.56. The molecule has 1 amide bonds. The third-order valence-electron chi connectivity index (χ3n) is 2.97. The van der Waals surface area contributed by atoms with Gasteiger partial charge >= 0.3 is 0 Å². The highest BCUT2D eigenvalue weighted by molar-refractivity contribution is 5.76. The first kappa shape index (κ1) is 11.8. The summed E-state index contributed by atoms with van der Waals surface area (Å²) in [6.07, 6.45) is 2.01. The first-order chi connectivity index (χ1) is 8.20. The molecule has 5 heteroatoms. The zero-order valence-corrected chi connectivity index (χ0v) is 9.90. The molecule has 1 saturated heterocycles. The van der Waals surface area contributed by atoms with Gasteiger partial charge in [-0.25, -0.2) is 9.37 Å². The van der Waals surface area contributed by atoms with Gasteiger partial charge < -0.3 is 9.80 Å². The summed E-state index contributed by atoms with van der Waals surface area (Å²) >= 11 is 0. The van der Waals surface area contributed by atoms with Crippen LogP contribution in [0.15, 0.2) is 18.3 Å². The smallest absolute Gasteiger partial charge is 0.222 e. The van der Waals surface area contributed by atoms with Gasteiger partial charge in [-0.3, -0.25) is 4.79 Å². The number of carbonyl (C=O) groups excluding carboxylic acids is 1. The lowest BCUT2D eigenvalue weighted by Gasteiger charge is -2.35. The number of nitrogens with zero attached hydrogens (tertiary/aromatic N) is 3. The highest BCUT2D eigenvalue weighted by Crippen LogP contribution is 2.14. The normalized spacial score (nSPS) is 16.1. The van der Waals surface area contributed by atoms with Gasteiger partial charge in [0.2, 0.25) is 5.91 Å². The van der Waals surface area contributed by atoms with Crippen LogP contribution >= 0.6 is 0 Å². The van der Waals surface area contributed by atoms with E-state index in [4.69, 9.17) is 0 Å². The van der Waals surface area contributed by atoms with Gasteiger partial charge in [0.15, 0.2) is 0 Å². The van der Waals surface area contributed by atoms with E-state index in [2.05, 4.69) is 4.98 Å². The molecule has 4 nitrogen and oxygen atoms in total. The molecule has 2 rings (SSSR count). The van der Waals surface area contributed by atoms with Gasteiger partial charge in [0.05, 0.1) is 0 Å². The van der Waals surface area contributed by atoms with Crippen LogP contribution in [0.4, 0.5) is 10.2 Å². The summed E-state index contributed by atoms with van der Waals surface area (Å²) < 4.78 is 13.1. The average Bonchev–Trinajstić information content (AvgIpc) is 2.38. The van der Waals surface area contributed by atoms with Gasteiger partial charge in [0, 0.05) is 44.9 Å². The minimum absolute atomic E-state index is 0.178. The van der Waals surface area contributed by atoms with Crippen LogP contribution in [0.3, 0.4) is 0 Å². The number of anilines is 1. The predicted molar refractivity (Wildman–Crippen MR) is 63.3 cm³/mol. The van der Waals surface area contributed by atoms with Crippen molar-refractivity contribution in [2.45, 2.75) is 13.3 Å². The Morgan fingerprint density at radius 1 is 1.41 bits per heavy atom. The summed E-state index contributed by atoms with van der Waals surface area (Å²) in [6, 6.07) is 2.76. The van der Waals surface area contributed by atoms with Crippen molar-refractivity contribution in [3.63, 3.8) is 0 Å².